The molecular formula is C8H17O. The van der Waals surface area contributed by atoms with Crippen molar-refractivity contribution < 1.29 is 4.74 Å². The molecular weight excluding hydrogens is 112 g/mol. The number of hydrogen-bond acceptors (Lipinski definition) is 1. The van der Waals surface area contributed by atoms with Gasteiger partial charge in [0.25, 0.3) is 0 Å². The maximum atomic E-state index is 5.14. The lowest BCUT2D eigenvalue weighted by molar-refractivity contribution is 0.124. The van der Waals surface area contributed by atoms with Crippen molar-refractivity contribution in [1.29, 1.82) is 0 Å². The minimum atomic E-state index is 0.605. The fourth-order valence-corrected chi connectivity index (χ4v) is 0.861. The second-order valence-electron chi connectivity index (χ2n) is 2.47. The molecule has 0 aliphatic rings. The molecule has 0 bridgehead atoms. The number of rotatable bonds is 5. The standard InChI is InChI=1S/C8H17O/c1-4-6-8(3)7-9-5-2/h8H,2,4-7H2,1,3H3. The normalized spacial score (nSPS) is 13.7. The van der Waals surface area contributed by atoms with Crippen LogP contribution in [0.4, 0.5) is 0 Å². The minimum absolute atomic E-state index is 0.605. The summed E-state index contributed by atoms with van der Waals surface area (Å²) in [5, 5.41) is 0. The van der Waals surface area contributed by atoms with Gasteiger partial charge < -0.3 is 4.74 Å². The largest absolute Gasteiger partial charge is 0.381 e. The first kappa shape index (κ1) is 8.96. The van der Waals surface area contributed by atoms with Crippen LogP contribution < -0.4 is 0 Å². The molecule has 0 rings (SSSR count). The highest BCUT2D eigenvalue weighted by Gasteiger charge is 1.97. The molecule has 0 saturated carbocycles. The molecule has 1 atom stereocenters. The van der Waals surface area contributed by atoms with Gasteiger partial charge in [0.2, 0.25) is 0 Å². The van der Waals surface area contributed by atoms with Crippen LogP contribution in [0.3, 0.4) is 0 Å². The molecule has 0 aromatic heterocycles. The SMILES string of the molecule is [CH2]COCC(C)CCC. The molecule has 0 N–H and O–H groups in total. The van der Waals surface area contributed by atoms with Crippen molar-refractivity contribution in [3.05, 3.63) is 6.92 Å². The molecule has 0 amide bonds. The zero-order valence-electron chi connectivity index (χ0n) is 6.52. The van der Waals surface area contributed by atoms with Gasteiger partial charge in [-0.3, -0.25) is 0 Å². The van der Waals surface area contributed by atoms with Gasteiger partial charge in [-0.2, -0.15) is 0 Å². The third kappa shape index (κ3) is 5.84. The van der Waals surface area contributed by atoms with Crippen molar-refractivity contribution in [3.63, 3.8) is 0 Å². The minimum Gasteiger partial charge on any atom is -0.381 e. The summed E-state index contributed by atoms with van der Waals surface area (Å²) in [5.74, 6) is 0.705. The first-order chi connectivity index (χ1) is 4.31. The van der Waals surface area contributed by atoms with E-state index in [4.69, 9.17) is 4.74 Å². The molecule has 0 aliphatic carbocycles. The lowest BCUT2D eigenvalue weighted by Crippen LogP contribution is -2.04. The average Bonchev–Trinajstić information content (AvgIpc) is 1.85. The van der Waals surface area contributed by atoms with Gasteiger partial charge >= 0.3 is 0 Å². The van der Waals surface area contributed by atoms with Gasteiger partial charge in [-0.25, -0.2) is 0 Å². The van der Waals surface area contributed by atoms with Crippen LogP contribution >= 0.6 is 0 Å². The van der Waals surface area contributed by atoms with Crippen molar-refractivity contribution in [2.75, 3.05) is 13.2 Å². The van der Waals surface area contributed by atoms with Crippen LogP contribution in [0, 0.1) is 12.8 Å². The molecule has 0 aliphatic heterocycles. The fourth-order valence-electron chi connectivity index (χ4n) is 0.861. The number of ether oxygens (including phenoxy) is 1. The van der Waals surface area contributed by atoms with Crippen LogP contribution in [0.1, 0.15) is 26.7 Å². The summed E-state index contributed by atoms with van der Waals surface area (Å²) in [6, 6.07) is 0. The topological polar surface area (TPSA) is 9.23 Å². The van der Waals surface area contributed by atoms with E-state index < -0.39 is 0 Å². The van der Waals surface area contributed by atoms with Crippen LogP contribution in [0.25, 0.3) is 0 Å². The van der Waals surface area contributed by atoms with Gasteiger partial charge in [0.15, 0.2) is 0 Å². The Kier molecular flexibility index (Phi) is 6.06. The maximum absolute atomic E-state index is 5.14. The van der Waals surface area contributed by atoms with Crippen molar-refractivity contribution in [1.82, 2.24) is 0 Å². The summed E-state index contributed by atoms with van der Waals surface area (Å²) in [4.78, 5) is 0. The zero-order chi connectivity index (χ0) is 7.11. The van der Waals surface area contributed by atoms with Crippen LogP contribution in [0.15, 0.2) is 0 Å². The van der Waals surface area contributed by atoms with E-state index >= 15 is 0 Å². The Hall–Kier alpha value is -0.0400. The van der Waals surface area contributed by atoms with E-state index in [0.29, 0.717) is 12.5 Å². The highest BCUT2D eigenvalue weighted by Crippen LogP contribution is 2.04. The summed E-state index contributed by atoms with van der Waals surface area (Å²) >= 11 is 0. The van der Waals surface area contributed by atoms with Gasteiger partial charge in [0.05, 0.1) is 0 Å². The van der Waals surface area contributed by atoms with Crippen LogP contribution in [-0.4, -0.2) is 13.2 Å². The summed E-state index contributed by atoms with van der Waals surface area (Å²) in [7, 11) is 0. The Morgan fingerprint density at radius 2 is 2.22 bits per heavy atom. The van der Waals surface area contributed by atoms with E-state index in [1.54, 1.807) is 0 Å². The molecule has 1 heteroatoms. The van der Waals surface area contributed by atoms with E-state index in [0.717, 1.165) is 6.61 Å². The highest BCUT2D eigenvalue weighted by atomic mass is 16.5. The molecule has 0 spiro atoms. The molecule has 1 radical (unpaired) electrons. The third-order valence-corrected chi connectivity index (χ3v) is 1.33. The summed E-state index contributed by atoms with van der Waals surface area (Å²) in [6.07, 6.45) is 2.52. The van der Waals surface area contributed by atoms with Gasteiger partial charge in [0, 0.05) is 13.2 Å². The first-order valence-corrected chi connectivity index (χ1v) is 3.68. The van der Waals surface area contributed by atoms with E-state index in [-0.39, 0.29) is 0 Å². The quantitative estimate of drug-likeness (QED) is 0.553. The van der Waals surface area contributed by atoms with Gasteiger partial charge in [-0.1, -0.05) is 20.3 Å². The van der Waals surface area contributed by atoms with Gasteiger partial charge in [-0.05, 0) is 19.3 Å². The lowest BCUT2D eigenvalue weighted by Gasteiger charge is -2.08. The van der Waals surface area contributed by atoms with Crippen molar-refractivity contribution in [3.8, 4) is 0 Å². The summed E-state index contributed by atoms with van der Waals surface area (Å²) in [5.41, 5.74) is 0. The van der Waals surface area contributed by atoms with Gasteiger partial charge in [0.1, 0.15) is 0 Å². The highest BCUT2D eigenvalue weighted by molar-refractivity contribution is 4.49. The first-order valence-electron chi connectivity index (χ1n) is 3.68. The average molecular weight is 129 g/mol. The summed E-state index contributed by atoms with van der Waals surface area (Å²) in [6.45, 7) is 9.48. The molecule has 0 aromatic carbocycles. The molecule has 1 unspecified atom stereocenters. The van der Waals surface area contributed by atoms with E-state index in [1.165, 1.54) is 12.8 Å². The van der Waals surface area contributed by atoms with E-state index in [9.17, 15) is 0 Å². The molecule has 0 heterocycles. The maximum Gasteiger partial charge on any atom is 0.0491 e. The van der Waals surface area contributed by atoms with E-state index in [1.807, 2.05) is 0 Å². The predicted octanol–water partition coefficient (Wildman–Crippen LogP) is 2.27. The van der Waals surface area contributed by atoms with Crippen molar-refractivity contribution >= 4 is 0 Å². The zero-order valence-corrected chi connectivity index (χ0v) is 6.52. The second kappa shape index (κ2) is 6.09. The Morgan fingerprint density at radius 3 is 2.67 bits per heavy atom. The van der Waals surface area contributed by atoms with Crippen molar-refractivity contribution in [2.45, 2.75) is 26.7 Å². The Balaban J connectivity index is 2.95. The van der Waals surface area contributed by atoms with E-state index in [2.05, 4.69) is 20.8 Å². The Bertz CT molecular complexity index is 52.5. The summed E-state index contributed by atoms with van der Waals surface area (Å²) < 4.78 is 5.14. The van der Waals surface area contributed by atoms with Crippen LogP contribution in [0.5, 0.6) is 0 Å². The monoisotopic (exact) mass is 129 g/mol. The molecule has 9 heavy (non-hydrogen) atoms. The smallest absolute Gasteiger partial charge is 0.0491 e. The Labute approximate surface area is 58.4 Å². The van der Waals surface area contributed by atoms with Crippen LogP contribution in [-0.2, 0) is 4.74 Å². The molecule has 0 saturated heterocycles. The van der Waals surface area contributed by atoms with Crippen LogP contribution in [0.2, 0.25) is 0 Å². The molecule has 0 fully saturated rings. The van der Waals surface area contributed by atoms with Crippen molar-refractivity contribution in [2.24, 2.45) is 5.92 Å². The molecule has 1 nitrogen and oxygen atoms in total. The van der Waals surface area contributed by atoms with Gasteiger partial charge in [-0.15, -0.1) is 0 Å². The molecule has 55 valence electrons. The Morgan fingerprint density at radius 1 is 1.56 bits per heavy atom. The number of hydrogen-bond donors (Lipinski definition) is 0. The lowest BCUT2D eigenvalue weighted by atomic mass is 10.1. The third-order valence-electron chi connectivity index (χ3n) is 1.33. The predicted molar refractivity (Wildman–Crippen MR) is 40.2 cm³/mol. The molecule has 0 aromatic rings. The fraction of sp³-hybridized carbons (Fsp3) is 0.875. The second-order valence-corrected chi connectivity index (χ2v) is 2.47.